The van der Waals surface area contributed by atoms with Gasteiger partial charge in [-0.25, -0.2) is 4.98 Å². The predicted octanol–water partition coefficient (Wildman–Crippen LogP) is 2.87. The van der Waals surface area contributed by atoms with Crippen LogP contribution >= 0.6 is 15.9 Å². The van der Waals surface area contributed by atoms with Gasteiger partial charge in [0.25, 0.3) is 0 Å². The molecule has 2 N–H and O–H groups in total. The van der Waals surface area contributed by atoms with Crippen LogP contribution in [0.4, 0.5) is 5.82 Å². The Bertz CT molecular complexity index is 375. The normalized spacial score (nSPS) is 18.7. The Morgan fingerprint density at radius 3 is 2.81 bits per heavy atom. The summed E-state index contributed by atoms with van der Waals surface area (Å²) < 4.78 is 0.982. The number of pyridine rings is 1. The van der Waals surface area contributed by atoms with E-state index in [2.05, 4.69) is 26.2 Å². The molecule has 0 unspecified atom stereocenters. The third-order valence-corrected chi connectivity index (χ3v) is 3.60. The molecule has 0 spiro atoms. The van der Waals surface area contributed by atoms with Gasteiger partial charge in [-0.3, -0.25) is 0 Å². The first kappa shape index (κ1) is 11.9. The van der Waals surface area contributed by atoms with Crippen molar-refractivity contribution < 1.29 is 5.11 Å². The highest BCUT2D eigenvalue weighted by atomic mass is 79.9. The quantitative estimate of drug-likeness (QED) is 0.897. The molecule has 0 atom stereocenters. The van der Waals surface area contributed by atoms with Crippen LogP contribution < -0.4 is 5.32 Å². The van der Waals surface area contributed by atoms with E-state index in [9.17, 15) is 5.11 Å². The maximum absolute atomic E-state index is 10.2. The molecular formula is C12H17BrN2O. The first-order chi connectivity index (χ1) is 7.59. The number of hydrogen-bond donors (Lipinski definition) is 2. The van der Waals surface area contributed by atoms with Crippen molar-refractivity contribution in [1.29, 1.82) is 0 Å². The van der Waals surface area contributed by atoms with E-state index in [0.29, 0.717) is 6.54 Å². The van der Waals surface area contributed by atoms with Crippen molar-refractivity contribution in [3.05, 3.63) is 22.3 Å². The van der Waals surface area contributed by atoms with E-state index in [1.165, 1.54) is 0 Å². The summed E-state index contributed by atoms with van der Waals surface area (Å²) in [5.41, 5.74) is 0.567. The van der Waals surface area contributed by atoms with Crippen LogP contribution in [-0.2, 0) is 0 Å². The second-order valence-corrected chi connectivity index (χ2v) is 5.52. The lowest BCUT2D eigenvalue weighted by atomic mass is 10.0. The van der Waals surface area contributed by atoms with Gasteiger partial charge in [0.2, 0.25) is 0 Å². The number of halogens is 1. The molecule has 0 bridgehead atoms. The summed E-state index contributed by atoms with van der Waals surface area (Å²) in [6, 6.07) is 2.02. The molecular weight excluding hydrogens is 268 g/mol. The van der Waals surface area contributed by atoms with Crippen molar-refractivity contribution in [2.24, 2.45) is 0 Å². The Labute approximate surface area is 104 Å². The number of nitrogens with one attached hydrogen (secondary N) is 1. The zero-order valence-electron chi connectivity index (χ0n) is 9.46. The molecule has 1 fully saturated rings. The Kier molecular flexibility index (Phi) is 3.50. The first-order valence-corrected chi connectivity index (χ1v) is 6.47. The number of aromatic nitrogens is 1. The second kappa shape index (κ2) is 4.72. The molecule has 1 aliphatic rings. The molecule has 1 heterocycles. The maximum atomic E-state index is 10.2. The van der Waals surface area contributed by atoms with Crippen LogP contribution in [0.2, 0.25) is 0 Å². The molecule has 2 rings (SSSR count). The molecule has 88 valence electrons. The molecule has 1 saturated carbocycles. The molecule has 0 radical (unpaired) electrons. The van der Waals surface area contributed by atoms with Crippen LogP contribution in [0.3, 0.4) is 0 Å². The topological polar surface area (TPSA) is 45.2 Å². The lowest BCUT2D eigenvalue weighted by Gasteiger charge is -2.23. The van der Waals surface area contributed by atoms with Gasteiger partial charge >= 0.3 is 0 Å². The van der Waals surface area contributed by atoms with Gasteiger partial charge in [-0.2, -0.15) is 0 Å². The van der Waals surface area contributed by atoms with Gasteiger partial charge < -0.3 is 10.4 Å². The van der Waals surface area contributed by atoms with Crippen molar-refractivity contribution >= 4 is 21.7 Å². The zero-order chi connectivity index (χ0) is 11.6. The van der Waals surface area contributed by atoms with Gasteiger partial charge in [-0.1, -0.05) is 12.8 Å². The number of rotatable bonds is 3. The summed E-state index contributed by atoms with van der Waals surface area (Å²) in [4.78, 5) is 4.30. The van der Waals surface area contributed by atoms with Gasteiger partial charge in [0.05, 0.1) is 5.60 Å². The lowest BCUT2D eigenvalue weighted by Crippen LogP contribution is -2.33. The van der Waals surface area contributed by atoms with Gasteiger partial charge in [-0.15, -0.1) is 0 Å². The summed E-state index contributed by atoms with van der Waals surface area (Å²) in [5.74, 6) is 0.864. The third kappa shape index (κ3) is 2.74. The highest BCUT2D eigenvalue weighted by molar-refractivity contribution is 9.10. The minimum Gasteiger partial charge on any atom is -0.388 e. The number of hydrogen-bond acceptors (Lipinski definition) is 3. The summed E-state index contributed by atoms with van der Waals surface area (Å²) in [6.07, 6.45) is 5.83. The van der Waals surface area contributed by atoms with Gasteiger partial charge in [0, 0.05) is 17.2 Å². The first-order valence-electron chi connectivity index (χ1n) is 5.67. The molecule has 0 aliphatic heterocycles. The van der Waals surface area contributed by atoms with Crippen molar-refractivity contribution in [3.63, 3.8) is 0 Å². The molecule has 4 heteroatoms. The van der Waals surface area contributed by atoms with Gasteiger partial charge in [0.15, 0.2) is 0 Å². The highest BCUT2D eigenvalue weighted by Gasteiger charge is 2.30. The molecule has 1 aromatic rings. The summed E-state index contributed by atoms with van der Waals surface area (Å²) >= 11 is 3.38. The van der Waals surface area contributed by atoms with E-state index >= 15 is 0 Å². The maximum Gasteiger partial charge on any atom is 0.129 e. The highest BCUT2D eigenvalue weighted by Crippen LogP contribution is 2.29. The van der Waals surface area contributed by atoms with E-state index in [-0.39, 0.29) is 0 Å². The largest absolute Gasteiger partial charge is 0.388 e. The van der Waals surface area contributed by atoms with Crippen LogP contribution in [-0.4, -0.2) is 22.2 Å². The van der Waals surface area contributed by atoms with Crippen molar-refractivity contribution in [1.82, 2.24) is 4.98 Å². The SMILES string of the molecule is Cc1cc(Br)cnc1NCC1(O)CCCC1. The Balaban J connectivity index is 1.99. The van der Waals surface area contributed by atoms with Crippen molar-refractivity contribution in [2.45, 2.75) is 38.2 Å². The summed E-state index contributed by atoms with van der Waals surface area (Å²) in [7, 11) is 0. The van der Waals surface area contributed by atoms with Crippen LogP contribution in [0, 0.1) is 6.92 Å². The number of aryl methyl sites for hydroxylation is 1. The smallest absolute Gasteiger partial charge is 0.129 e. The average Bonchev–Trinajstić information content (AvgIpc) is 2.64. The third-order valence-electron chi connectivity index (χ3n) is 3.16. The number of aliphatic hydroxyl groups is 1. The fraction of sp³-hybridized carbons (Fsp3) is 0.583. The zero-order valence-corrected chi connectivity index (χ0v) is 11.0. The Hall–Kier alpha value is -0.610. The molecule has 0 aromatic carbocycles. The van der Waals surface area contributed by atoms with E-state index in [1.807, 2.05) is 13.0 Å². The Morgan fingerprint density at radius 1 is 1.50 bits per heavy atom. The van der Waals surface area contributed by atoms with E-state index < -0.39 is 5.60 Å². The van der Waals surface area contributed by atoms with Crippen LogP contribution in [0.1, 0.15) is 31.2 Å². The van der Waals surface area contributed by atoms with E-state index in [4.69, 9.17) is 0 Å². The van der Waals surface area contributed by atoms with Gasteiger partial charge in [-0.05, 0) is 47.3 Å². The minimum absolute atomic E-state index is 0.527. The molecule has 0 saturated heterocycles. The fourth-order valence-corrected chi connectivity index (χ4v) is 2.63. The van der Waals surface area contributed by atoms with Crippen LogP contribution in [0.25, 0.3) is 0 Å². The van der Waals surface area contributed by atoms with E-state index in [0.717, 1.165) is 41.5 Å². The number of nitrogens with zero attached hydrogens (tertiary/aromatic N) is 1. The van der Waals surface area contributed by atoms with Crippen molar-refractivity contribution in [2.75, 3.05) is 11.9 Å². The van der Waals surface area contributed by atoms with Crippen molar-refractivity contribution in [3.8, 4) is 0 Å². The van der Waals surface area contributed by atoms with Gasteiger partial charge in [0.1, 0.15) is 5.82 Å². The standard InChI is InChI=1S/C12H17BrN2O/c1-9-6-10(13)7-14-11(9)15-8-12(16)4-2-3-5-12/h6-7,16H,2-5,8H2,1H3,(H,14,15). The Morgan fingerprint density at radius 2 is 2.19 bits per heavy atom. The molecule has 1 aliphatic carbocycles. The predicted molar refractivity (Wildman–Crippen MR) is 68.6 cm³/mol. The fourth-order valence-electron chi connectivity index (χ4n) is 2.18. The number of anilines is 1. The van der Waals surface area contributed by atoms with Crippen LogP contribution in [0.5, 0.6) is 0 Å². The minimum atomic E-state index is -0.527. The van der Waals surface area contributed by atoms with E-state index in [1.54, 1.807) is 6.20 Å². The molecule has 1 aromatic heterocycles. The van der Waals surface area contributed by atoms with Crippen LogP contribution in [0.15, 0.2) is 16.7 Å². The summed E-state index contributed by atoms with van der Waals surface area (Å²) in [5, 5.41) is 13.4. The monoisotopic (exact) mass is 284 g/mol. The summed E-state index contributed by atoms with van der Waals surface area (Å²) in [6.45, 7) is 2.61. The lowest BCUT2D eigenvalue weighted by molar-refractivity contribution is 0.0614. The average molecular weight is 285 g/mol. The molecule has 0 amide bonds. The second-order valence-electron chi connectivity index (χ2n) is 4.60. The molecule has 3 nitrogen and oxygen atoms in total. The molecule has 16 heavy (non-hydrogen) atoms.